The van der Waals surface area contributed by atoms with Crippen LogP contribution in [0.1, 0.15) is 18.1 Å². The highest BCUT2D eigenvalue weighted by atomic mass is 16.5. The van der Waals surface area contributed by atoms with Crippen molar-refractivity contribution in [3.8, 4) is 5.75 Å². The largest absolute Gasteiger partial charge is 0.481 e. The highest BCUT2D eigenvalue weighted by molar-refractivity contribution is 5.80. The zero-order valence-electron chi connectivity index (χ0n) is 11.8. The van der Waals surface area contributed by atoms with Crippen LogP contribution in [0.5, 0.6) is 5.75 Å². The van der Waals surface area contributed by atoms with E-state index < -0.39 is 6.10 Å². The molecule has 1 aromatic carbocycles. The van der Waals surface area contributed by atoms with Gasteiger partial charge in [-0.1, -0.05) is 17.7 Å². The molecule has 0 saturated carbocycles. The van der Waals surface area contributed by atoms with Gasteiger partial charge in [-0.2, -0.15) is 0 Å². The van der Waals surface area contributed by atoms with Gasteiger partial charge in [0, 0.05) is 26.2 Å². The second-order valence-corrected chi connectivity index (χ2v) is 4.63. The van der Waals surface area contributed by atoms with Crippen LogP contribution in [0, 0.1) is 6.92 Å². The minimum Gasteiger partial charge on any atom is -0.481 e. The number of hydrogen-bond donors (Lipinski definition) is 1. The molecule has 4 nitrogen and oxygen atoms in total. The number of nitrogens with zero attached hydrogens (tertiary/aromatic N) is 1. The molecule has 1 unspecified atom stereocenters. The molecule has 0 radical (unpaired) electrons. The van der Waals surface area contributed by atoms with Gasteiger partial charge < -0.3 is 15.0 Å². The zero-order chi connectivity index (χ0) is 13.7. The molecule has 1 atom stereocenters. The van der Waals surface area contributed by atoms with E-state index in [1.807, 2.05) is 26.1 Å². The van der Waals surface area contributed by atoms with Crippen molar-refractivity contribution in [2.24, 2.45) is 0 Å². The van der Waals surface area contributed by atoms with E-state index in [0.717, 1.165) is 17.9 Å². The highest BCUT2D eigenvalue weighted by Crippen LogP contribution is 2.21. The third-order valence-electron chi connectivity index (χ3n) is 2.68. The predicted octanol–water partition coefficient (Wildman–Crippen LogP) is 1.57. The first-order chi connectivity index (χ1) is 8.45. The Bertz CT molecular complexity index is 416. The molecule has 0 aliphatic carbocycles. The van der Waals surface area contributed by atoms with E-state index in [9.17, 15) is 4.79 Å². The van der Waals surface area contributed by atoms with Crippen LogP contribution < -0.4 is 10.1 Å². The van der Waals surface area contributed by atoms with Gasteiger partial charge >= 0.3 is 0 Å². The van der Waals surface area contributed by atoms with Gasteiger partial charge in [0.15, 0.2) is 6.10 Å². The van der Waals surface area contributed by atoms with E-state index >= 15 is 0 Å². The van der Waals surface area contributed by atoms with Crippen LogP contribution in [0.15, 0.2) is 18.2 Å². The van der Waals surface area contributed by atoms with E-state index in [0.29, 0.717) is 0 Å². The molecule has 0 aliphatic rings. The van der Waals surface area contributed by atoms with Crippen LogP contribution in [0.4, 0.5) is 0 Å². The molecule has 18 heavy (non-hydrogen) atoms. The first-order valence-electron chi connectivity index (χ1n) is 6.07. The Hall–Kier alpha value is -1.55. The third kappa shape index (κ3) is 3.74. The van der Waals surface area contributed by atoms with Crippen molar-refractivity contribution in [1.29, 1.82) is 0 Å². The number of carbonyl (C=O) groups excluding carboxylic acids is 1. The van der Waals surface area contributed by atoms with Gasteiger partial charge in [0.2, 0.25) is 0 Å². The predicted molar refractivity (Wildman–Crippen MR) is 72.7 cm³/mol. The Balaban J connectivity index is 2.86. The summed E-state index contributed by atoms with van der Waals surface area (Å²) in [5.41, 5.74) is 2.25. The van der Waals surface area contributed by atoms with Crippen LogP contribution in [0.3, 0.4) is 0 Å². The van der Waals surface area contributed by atoms with Crippen LogP contribution in [0.2, 0.25) is 0 Å². The molecular weight excluding hydrogens is 228 g/mol. The Kier molecular flexibility index (Phi) is 5.16. The summed E-state index contributed by atoms with van der Waals surface area (Å²) in [4.78, 5) is 13.3. The Morgan fingerprint density at radius 3 is 2.67 bits per heavy atom. The van der Waals surface area contributed by atoms with Gasteiger partial charge in [0.05, 0.1) is 0 Å². The van der Waals surface area contributed by atoms with Crippen molar-refractivity contribution >= 4 is 5.91 Å². The fourth-order valence-corrected chi connectivity index (χ4v) is 1.76. The fraction of sp³-hybridized carbons (Fsp3) is 0.500. The topological polar surface area (TPSA) is 41.6 Å². The van der Waals surface area contributed by atoms with Crippen molar-refractivity contribution in [3.05, 3.63) is 29.3 Å². The summed E-state index contributed by atoms with van der Waals surface area (Å²) >= 11 is 0. The molecule has 0 fully saturated rings. The number of benzene rings is 1. The number of ether oxygens (including phenoxy) is 1. The van der Waals surface area contributed by atoms with Gasteiger partial charge in [-0.3, -0.25) is 4.79 Å². The average Bonchev–Trinajstić information content (AvgIpc) is 2.31. The lowest BCUT2D eigenvalue weighted by Gasteiger charge is -2.20. The van der Waals surface area contributed by atoms with E-state index in [-0.39, 0.29) is 5.91 Å². The minimum absolute atomic E-state index is 0.0361. The van der Waals surface area contributed by atoms with E-state index in [1.54, 1.807) is 21.0 Å². The Morgan fingerprint density at radius 1 is 1.44 bits per heavy atom. The smallest absolute Gasteiger partial charge is 0.262 e. The molecule has 1 rings (SSSR count). The molecule has 0 heterocycles. The van der Waals surface area contributed by atoms with Gasteiger partial charge in [0.1, 0.15) is 5.75 Å². The molecule has 0 bridgehead atoms. The maximum Gasteiger partial charge on any atom is 0.262 e. The first-order valence-corrected chi connectivity index (χ1v) is 6.07. The van der Waals surface area contributed by atoms with Gasteiger partial charge in [0.25, 0.3) is 5.91 Å². The second-order valence-electron chi connectivity index (χ2n) is 4.63. The summed E-state index contributed by atoms with van der Waals surface area (Å²) in [6, 6.07) is 5.97. The molecule has 1 aromatic rings. The van der Waals surface area contributed by atoms with Crippen LogP contribution in [0.25, 0.3) is 0 Å². The van der Waals surface area contributed by atoms with Crippen LogP contribution in [-0.4, -0.2) is 38.1 Å². The number of nitrogens with one attached hydrogen (secondary N) is 1. The first kappa shape index (κ1) is 14.5. The van der Waals surface area contributed by atoms with Crippen LogP contribution >= 0.6 is 0 Å². The number of carbonyl (C=O) groups is 1. The molecule has 4 heteroatoms. The number of hydrogen-bond acceptors (Lipinski definition) is 3. The summed E-state index contributed by atoms with van der Waals surface area (Å²) in [6.45, 7) is 4.53. The molecule has 1 amide bonds. The summed E-state index contributed by atoms with van der Waals surface area (Å²) in [5.74, 6) is 0.726. The molecule has 1 N–H and O–H groups in total. The highest BCUT2D eigenvalue weighted by Gasteiger charge is 2.17. The van der Waals surface area contributed by atoms with Crippen molar-refractivity contribution in [2.75, 3.05) is 21.1 Å². The van der Waals surface area contributed by atoms with E-state index in [4.69, 9.17) is 4.74 Å². The lowest BCUT2D eigenvalue weighted by Crippen LogP contribution is -2.35. The molecule has 0 saturated heterocycles. The Labute approximate surface area is 109 Å². The number of rotatable bonds is 5. The maximum absolute atomic E-state index is 11.8. The lowest BCUT2D eigenvalue weighted by atomic mass is 10.1. The standard InChI is InChI=1S/C14H22N2O2/c1-10-6-7-13(12(8-10)9-15-3)18-11(2)14(17)16(4)5/h6-8,11,15H,9H2,1-5H3. The SMILES string of the molecule is CNCc1cc(C)ccc1OC(C)C(=O)N(C)C. The van der Waals surface area contributed by atoms with Crippen molar-refractivity contribution in [1.82, 2.24) is 10.2 Å². The summed E-state index contributed by atoms with van der Waals surface area (Å²) in [5, 5.41) is 3.10. The molecule has 100 valence electrons. The molecule has 0 aliphatic heterocycles. The van der Waals surface area contributed by atoms with Crippen molar-refractivity contribution in [2.45, 2.75) is 26.5 Å². The number of aryl methyl sites for hydroxylation is 1. The Morgan fingerprint density at radius 2 is 2.11 bits per heavy atom. The van der Waals surface area contributed by atoms with Crippen molar-refractivity contribution in [3.63, 3.8) is 0 Å². The summed E-state index contributed by atoms with van der Waals surface area (Å²) in [6.07, 6.45) is -0.474. The fourth-order valence-electron chi connectivity index (χ4n) is 1.76. The van der Waals surface area contributed by atoms with Crippen LogP contribution in [-0.2, 0) is 11.3 Å². The third-order valence-corrected chi connectivity index (χ3v) is 2.68. The summed E-state index contributed by atoms with van der Waals surface area (Å²) in [7, 11) is 5.35. The number of likely N-dealkylation sites (N-methyl/N-ethyl adjacent to an activating group) is 1. The van der Waals surface area contributed by atoms with Gasteiger partial charge in [-0.15, -0.1) is 0 Å². The quantitative estimate of drug-likeness (QED) is 0.862. The maximum atomic E-state index is 11.8. The molecule has 0 spiro atoms. The second kappa shape index (κ2) is 6.40. The number of amides is 1. The van der Waals surface area contributed by atoms with Gasteiger partial charge in [-0.05, 0) is 27.0 Å². The molecule has 0 aromatic heterocycles. The zero-order valence-corrected chi connectivity index (χ0v) is 11.8. The normalized spacial score (nSPS) is 12.1. The minimum atomic E-state index is -0.474. The van der Waals surface area contributed by atoms with E-state index in [1.165, 1.54) is 10.5 Å². The van der Waals surface area contributed by atoms with E-state index in [2.05, 4.69) is 11.4 Å². The lowest BCUT2D eigenvalue weighted by molar-refractivity contribution is -0.135. The monoisotopic (exact) mass is 250 g/mol. The average molecular weight is 250 g/mol. The van der Waals surface area contributed by atoms with Crippen molar-refractivity contribution < 1.29 is 9.53 Å². The summed E-state index contributed by atoms with van der Waals surface area (Å²) < 4.78 is 5.74. The van der Waals surface area contributed by atoms with Gasteiger partial charge in [-0.25, -0.2) is 0 Å². The molecular formula is C14H22N2O2.